The first-order valence-electron chi connectivity index (χ1n) is 6.85. The lowest BCUT2D eigenvalue weighted by Gasteiger charge is -2.21. The third kappa shape index (κ3) is 2.38. The van der Waals surface area contributed by atoms with Gasteiger partial charge in [0.05, 0.1) is 11.0 Å². The number of nitrogens with two attached hydrogens (primary N) is 1. The lowest BCUT2D eigenvalue weighted by molar-refractivity contribution is 0.608. The van der Waals surface area contributed by atoms with Crippen LogP contribution in [-0.4, -0.2) is 28.7 Å². The maximum atomic E-state index is 6.04. The fraction of sp³-hybridized carbons (Fsp3) is 0.500. The summed E-state index contributed by atoms with van der Waals surface area (Å²) in [5.41, 5.74) is 8.21. The average molecular weight is 402 g/mol. The topological polar surface area (TPSA) is 47.1 Å². The third-order valence-electron chi connectivity index (χ3n) is 3.74. The van der Waals surface area contributed by atoms with Gasteiger partial charge in [-0.1, -0.05) is 0 Å². The van der Waals surface area contributed by atoms with E-state index in [1.54, 1.807) is 0 Å². The molecule has 108 valence electrons. The zero-order chi connectivity index (χ0) is 14.4. The summed E-state index contributed by atoms with van der Waals surface area (Å²) >= 11 is 7.13. The van der Waals surface area contributed by atoms with E-state index in [4.69, 9.17) is 10.7 Å². The maximum Gasteiger partial charge on any atom is 0.206 e. The summed E-state index contributed by atoms with van der Waals surface area (Å²) in [5.74, 6) is 1.04. The van der Waals surface area contributed by atoms with Crippen LogP contribution < -0.4 is 10.6 Å². The van der Waals surface area contributed by atoms with Crippen molar-refractivity contribution < 1.29 is 0 Å². The molecule has 0 unspecified atom stereocenters. The number of rotatable bonds is 2. The standard InChI is InChI=1S/C14H18Br2N4/c1-8(2)20-13-6-11(16)10(15)5-12(13)18-14(20)19-4-3-9(17)7-19/h5-6,8-9H,3-4,7,17H2,1-2H3/t9-/m1/s1. The van der Waals surface area contributed by atoms with Crippen LogP contribution in [0.1, 0.15) is 26.3 Å². The molecular formula is C14H18Br2N4. The van der Waals surface area contributed by atoms with Crippen LogP contribution in [0, 0.1) is 0 Å². The van der Waals surface area contributed by atoms with Crippen LogP contribution in [0.3, 0.4) is 0 Å². The highest BCUT2D eigenvalue weighted by Crippen LogP contribution is 2.34. The summed E-state index contributed by atoms with van der Waals surface area (Å²) in [6.07, 6.45) is 1.04. The number of benzene rings is 1. The number of fused-ring (bicyclic) bond motifs is 1. The Morgan fingerprint density at radius 2 is 2.00 bits per heavy atom. The molecule has 1 fully saturated rings. The Labute approximate surface area is 135 Å². The maximum absolute atomic E-state index is 6.04. The summed E-state index contributed by atoms with van der Waals surface area (Å²) in [5, 5.41) is 0. The van der Waals surface area contributed by atoms with Gasteiger partial charge in [0.15, 0.2) is 0 Å². The molecule has 4 nitrogen and oxygen atoms in total. The Balaban J connectivity index is 2.18. The van der Waals surface area contributed by atoms with Gasteiger partial charge in [-0.3, -0.25) is 0 Å². The predicted octanol–water partition coefficient (Wildman–Crippen LogP) is 3.68. The second-order valence-electron chi connectivity index (χ2n) is 5.63. The molecule has 2 aromatic rings. The van der Waals surface area contributed by atoms with Crippen LogP contribution in [-0.2, 0) is 0 Å². The smallest absolute Gasteiger partial charge is 0.206 e. The van der Waals surface area contributed by atoms with Gasteiger partial charge in [-0.25, -0.2) is 4.98 Å². The van der Waals surface area contributed by atoms with E-state index >= 15 is 0 Å². The van der Waals surface area contributed by atoms with Crippen LogP contribution in [0.25, 0.3) is 11.0 Å². The number of hydrogen-bond donors (Lipinski definition) is 1. The lowest BCUT2D eigenvalue weighted by Crippen LogP contribution is -2.28. The number of aromatic nitrogens is 2. The van der Waals surface area contributed by atoms with Gasteiger partial charge in [-0.15, -0.1) is 0 Å². The van der Waals surface area contributed by atoms with Gasteiger partial charge in [0.2, 0.25) is 5.95 Å². The third-order valence-corrected chi connectivity index (χ3v) is 5.58. The second-order valence-corrected chi connectivity index (χ2v) is 7.33. The highest BCUT2D eigenvalue weighted by Gasteiger charge is 2.25. The Kier molecular flexibility index (Phi) is 3.81. The molecule has 0 amide bonds. The van der Waals surface area contributed by atoms with Crippen LogP contribution in [0.4, 0.5) is 5.95 Å². The predicted molar refractivity (Wildman–Crippen MR) is 90.3 cm³/mol. The minimum absolute atomic E-state index is 0.258. The van der Waals surface area contributed by atoms with Gasteiger partial charge in [-0.05, 0) is 64.3 Å². The highest BCUT2D eigenvalue weighted by atomic mass is 79.9. The molecule has 20 heavy (non-hydrogen) atoms. The summed E-state index contributed by atoms with van der Waals surface area (Å²) in [7, 11) is 0. The Morgan fingerprint density at radius 1 is 1.30 bits per heavy atom. The Morgan fingerprint density at radius 3 is 2.60 bits per heavy atom. The average Bonchev–Trinajstić information content (AvgIpc) is 2.93. The number of hydrogen-bond acceptors (Lipinski definition) is 3. The molecule has 6 heteroatoms. The van der Waals surface area contributed by atoms with Crippen LogP contribution in [0.15, 0.2) is 21.1 Å². The quantitative estimate of drug-likeness (QED) is 0.834. The molecule has 0 radical (unpaired) electrons. The largest absolute Gasteiger partial charge is 0.341 e. The van der Waals surface area contributed by atoms with E-state index in [2.05, 4.69) is 67.3 Å². The number of imidazole rings is 1. The molecule has 1 aliphatic heterocycles. The molecular weight excluding hydrogens is 384 g/mol. The molecule has 3 rings (SSSR count). The van der Waals surface area contributed by atoms with Crippen molar-refractivity contribution in [3.8, 4) is 0 Å². The summed E-state index contributed by atoms with van der Waals surface area (Å²) in [4.78, 5) is 7.13. The van der Waals surface area contributed by atoms with Gasteiger partial charge in [0.25, 0.3) is 0 Å². The summed E-state index contributed by atoms with van der Waals surface area (Å²) < 4.78 is 4.38. The first-order valence-corrected chi connectivity index (χ1v) is 8.43. The molecule has 1 atom stereocenters. The minimum Gasteiger partial charge on any atom is -0.341 e. The van der Waals surface area contributed by atoms with Crippen LogP contribution in [0.2, 0.25) is 0 Å². The Hall–Kier alpha value is -0.590. The summed E-state index contributed by atoms with van der Waals surface area (Å²) in [6, 6.07) is 4.82. The summed E-state index contributed by atoms with van der Waals surface area (Å²) in [6.45, 7) is 6.26. The van der Waals surface area contributed by atoms with E-state index in [0.29, 0.717) is 6.04 Å². The first-order chi connectivity index (χ1) is 9.47. The van der Waals surface area contributed by atoms with Gasteiger partial charge < -0.3 is 15.2 Å². The Bertz CT molecular complexity index is 650. The van der Waals surface area contributed by atoms with Crippen molar-refractivity contribution in [1.29, 1.82) is 0 Å². The normalized spacial score (nSPS) is 19.5. The molecule has 0 spiro atoms. The fourth-order valence-electron chi connectivity index (χ4n) is 2.78. The van der Waals surface area contributed by atoms with Crippen molar-refractivity contribution in [3.05, 3.63) is 21.1 Å². The molecule has 1 aromatic heterocycles. The fourth-order valence-corrected chi connectivity index (χ4v) is 3.44. The molecule has 0 saturated carbocycles. The van der Waals surface area contributed by atoms with Gasteiger partial charge >= 0.3 is 0 Å². The zero-order valence-corrected chi connectivity index (χ0v) is 14.8. The van der Waals surface area contributed by atoms with E-state index < -0.39 is 0 Å². The first kappa shape index (κ1) is 14.4. The molecule has 0 aliphatic carbocycles. The van der Waals surface area contributed by atoms with E-state index in [-0.39, 0.29) is 6.04 Å². The molecule has 1 saturated heterocycles. The number of anilines is 1. The van der Waals surface area contributed by atoms with E-state index in [9.17, 15) is 0 Å². The molecule has 1 aromatic carbocycles. The van der Waals surface area contributed by atoms with Crippen molar-refractivity contribution in [2.45, 2.75) is 32.4 Å². The monoisotopic (exact) mass is 400 g/mol. The van der Waals surface area contributed by atoms with Gasteiger partial charge in [0, 0.05) is 34.1 Å². The molecule has 0 bridgehead atoms. The lowest BCUT2D eigenvalue weighted by atomic mass is 10.3. The van der Waals surface area contributed by atoms with Crippen molar-refractivity contribution in [2.75, 3.05) is 18.0 Å². The van der Waals surface area contributed by atoms with Gasteiger partial charge in [-0.2, -0.15) is 0 Å². The van der Waals surface area contributed by atoms with E-state index in [0.717, 1.165) is 45.4 Å². The van der Waals surface area contributed by atoms with Gasteiger partial charge in [0.1, 0.15) is 0 Å². The van der Waals surface area contributed by atoms with E-state index in [1.807, 2.05) is 0 Å². The van der Waals surface area contributed by atoms with Crippen molar-refractivity contribution in [1.82, 2.24) is 9.55 Å². The highest BCUT2D eigenvalue weighted by molar-refractivity contribution is 9.13. The zero-order valence-electron chi connectivity index (χ0n) is 11.6. The number of nitrogens with zero attached hydrogens (tertiary/aromatic N) is 3. The molecule has 1 aliphatic rings. The van der Waals surface area contributed by atoms with Crippen molar-refractivity contribution in [3.63, 3.8) is 0 Å². The van der Waals surface area contributed by atoms with Crippen LogP contribution >= 0.6 is 31.9 Å². The van der Waals surface area contributed by atoms with E-state index in [1.165, 1.54) is 0 Å². The SMILES string of the molecule is CC(C)n1c(N2CC[C@@H](N)C2)nc2cc(Br)c(Br)cc21. The van der Waals surface area contributed by atoms with Crippen molar-refractivity contribution >= 4 is 48.8 Å². The minimum atomic E-state index is 0.258. The molecule has 2 N–H and O–H groups in total. The second kappa shape index (κ2) is 5.31. The van der Waals surface area contributed by atoms with Crippen molar-refractivity contribution in [2.24, 2.45) is 5.73 Å². The number of halogens is 2. The van der Waals surface area contributed by atoms with Crippen LogP contribution in [0.5, 0.6) is 0 Å². The molecule has 2 heterocycles.